The lowest BCUT2D eigenvalue weighted by molar-refractivity contribution is -0.113. The predicted octanol–water partition coefficient (Wildman–Crippen LogP) is 4.00. The molecule has 2 aliphatic rings. The number of benzene rings is 2. The highest BCUT2D eigenvalue weighted by Gasteiger charge is 2.45. The fraction of sp³-hybridized carbons (Fsp3) is 0.261. The van der Waals surface area contributed by atoms with Gasteiger partial charge in [0, 0.05) is 16.3 Å². The summed E-state index contributed by atoms with van der Waals surface area (Å²) in [6, 6.07) is 16.5. The third-order valence-corrected chi connectivity index (χ3v) is 6.44. The Balaban J connectivity index is 1.89. The Kier molecular flexibility index (Phi) is 3.59. The number of para-hydroxylation sites is 1. The largest absolute Gasteiger partial charge is 0.494 e. The molecule has 5 rings (SSSR count). The molecule has 0 saturated carbocycles. The normalized spacial score (nSPS) is 22.7. The summed E-state index contributed by atoms with van der Waals surface area (Å²) in [6.07, 6.45) is 0.800. The van der Waals surface area contributed by atoms with Crippen LogP contribution in [-0.2, 0) is 15.7 Å². The van der Waals surface area contributed by atoms with E-state index in [0.717, 1.165) is 22.9 Å². The maximum absolute atomic E-state index is 12.4. The molecule has 2 aromatic carbocycles. The van der Waals surface area contributed by atoms with Crippen molar-refractivity contribution >= 4 is 39.9 Å². The number of aromatic nitrogens is 1. The average Bonchev–Trinajstić information content (AvgIpc) is 3.16. The fourth-order valence-electron chi connectivity index (χ4n) is 5.20. The van der Waals surface area contributed by atoms with E-state index in [1.54, 1.807) is 0 Å². The minimum atomic E-state index is -0.379. The van der Waals surface area contributed by atoms with Crippen LogP contribution in [0.2, 0.25) is 0 Å². The summed E-state index contributed by atoms with van der Waals surface area (Å²) in [7, 11) is 0. The Morgan fingerprint density at radius 3 is 2.48 bits per heavy atom. The summed E-state index contributed by atoms with van der Waals surface area (Å²) in [5, 5.41) is 14.8. The molecule has 0 spiro atoms. The lowest BCUT2D eigenvalue weighted by atomic mass is 9.66. The number of rotatable bonds is 2. The van der Waals surface area contributed by atoms with Crippen molar-refractivity contribution in [2.24, 2.45) is 4.99 Å². The molecule has 0 saturated heterocycles. The van der Waals surface area contributed by atoms with Gasteiger partial charge in [0.25, 0.3) is 5.91 Å². The van der Waals surface area contributed by atoms with Gasteiger partial charge >= 0.3 is 0 Å². The first-order valence-electron chi connectivity index (χ1n) is 9.61. The molecule has 0 fully saturated rings. The lowest BCUT2D eigenvalue weighted by Gasteiger charge is -2.45. The molecule has 5 nitrogen and oxygen atoms in total. The first-order valence-corrected chi connectivity index (χ1v) is 10.0. The molecule has 1 aromatic heterocycles. The average molecular weight is 404 g/mol. The van der Waals surface area contributed by atoms with E-state index in [4.69, 9.17) is 12.2 Å². The summed E-state index contributed by atoms with van der Waals surface area (Å²) in [4.78, 5) is 16.6. The van der Waals surface area contributed by atoms with E-state index < -0.39 is 0 Å². The SMILES string of the molecule is CC1(C)C[C@](C)(c2ccccc2)c2cccc3c(C4=NC(=S)NC4=O)c(O)n1c23. The number of amides is 1. The van der Waals surface area contributed by atoms with E-state index >= 15 is 0 Å². The molecule has 3 heterocycles. The number of carbonyl (C=O) groups excluding carboxylic acids is 1. The maximum atomic E-state index is 12.4. The van der Waals surface area contributed by atoms with Gasteiger partial charge in [0.2, 0.25) is 11.0 Å². The van der Waals surface area contributed by atoms with Crippen LogP contribution in [0.4, 0.5) is 0 Å². The van der Waals surface area contributed by atoms with Gasteiger partial charge in [-0.1, -0.05) is 55.5 Å². The predicted molar refractivity (Wildman–Crippen MR) is 118 cm³/mol. The van der Waals surface area contributed by atoms with E-state index in [2.05, 4.69) is 61.4 Å². The fourth-order valence-corrected chi connectivity index (χ4v) is 5.39. The summed E-state index contributed by atoms with van der Waals surface area (Å²) >= 11 is 5.05. The number of thiocarbonyl (C=S) groups is 1. The van der Waals surface area contributed by atoms with Crippen LogP contribution in [-0.4, -0.2) is 26.4 Å². The first kappa shape index (κ1) is 18.1. The smallest absolute Gasteiger partial charge is 0.277 e. The number of carbonyl (C=O) groups is 1. The monoisotopic (exact) mass is 403 g/mol. The summed E-state index contributed by atoms with van der Waals surface area (Å²) in [6.45, 7) is 6.49. The zero-order chi connectivity index (χ0) is 20.6. The molecule has 2 N–H and O–H groups in total. The number of aliphatic imine (C=N–C) groups is 1. The molecule has 0 radical (unpaired) electrons. The molecule has 146 valence electrons. The van der Waals surface area contributed by atoms with Crippen LogP contribution in [0.1, 0.15) is 43.9 Å². The Labute approximate surface area is 174 Å². The quantitative estimate of drug-likeness (QED) is 0.636. The molecule has 0 aliphatic carbocycles. The topological polar surface area (TPSA) is 66.6 Å². The maximum Gasteiger partial charge on any atom is 0.277 e. The van der Waals surface area contributed by atoms with E-state index in [0.29, 0.717) is 5.56 Å². The summed E-state index contributed by atoms with van der Waals surface area (Å²) in [5.74, 6) is -0.316. The number of nitrogens with zero attached hydrogens (tertiary/aromatic N) is 2. The molecular weight excluding hydrogens is 382 g/mol. The number of nitrogens with one attached hydrogen (secondary N) is 1. The van der Waals surface area contributed by atoms with Crippen molar-refractivity contribution in [2.75, 3.05) is 0 Å². The van der Waals surface area contributed by atoms with Gasteiger partial charge in [-0.3, -0.25) is 10.1 Å². The molecular formula is C23H21N3O2S. The Hall–Kier alpha value is -2.99. The lowest BCUT2D eigenvalue weighted by Crippen LogP contribution is -2.41. The minimum absolute atomic E-state index is 0.0613. The highest BCUT2D eigenvalue weighted by molar-refractivity contribution is 7.80. The van der Waals surface area contributed by atoms with E-state index in [-0.39, 0.29) is 33.6 Å². The second-order valence-corrected chi connectivity index (χ2v) is 9.03. The van der Waals surface area contributed by atoms with Gasteiger partial charge < -0.3 is 9.67 Å². The minimum Gasteiger partial charge on any atom is -0.494 e. The third kappa shape index (κ3) is 2.35. The zero-order valence-electron chi connectivity index (χ0n) is 16.5. The zero-order valence-corrected chi connectivity index (χ0v) is 17.3. The van der Waals surface area contributed by atoms with E-state index in [9.17, 15) is 9.90 Å². The Morgan fingerprint density at radius 2 is 1.83 bits per heavy atom. The van der Waals surface area contributed by atoms with Crippen molar-refractivity contribution in [1.29, 1.82) is 0 Å². The van der Waals surface area contributed by atoms with E-state index in [1.165, 1.54) is 5.56 Å². The second kappa shape index (κ2) is 5.76. The molecule has 29 heavy (non-hydrogen) atoms. The van der Waals surface area contributed by atoms with Crippen molar-refractivity contribution in [3.8, 4) is 5.88 Å². The van der Waals surface area contributed by atoms with Crippen molar-refractivity contribution in [2.45, 2.75) is 38.1 Å². The van der Waals surface area contributed by atoms with Gasteiger partial charge in [-0.15, -0.1) is 0 Å². The van der Waals surface area contributed by atoms with E-state index in [1.807, 2.05) is 22.8 Å². The van der Waals surface area contributed by atoms with Crippen LogP contribution in [0.15, 0.2) is 53.5 Å². The van der Waals surface area contributed by atoms with Gasteiger partial charge in [-0.2, -0.15) is 0 Å². The van der Waals surface area contributed by atoms with Gasteiger partial charge in [0.15, 0.2) is 0 Å². The molecule has 0 bridgehead atoms. The second-order valence-electron chi connectivity index (χ2n) is 8.64. The van der Waals surface area contributed by atoms with Crippen molar-refractivity contribution in [3.63, 3.8) is 0 Å². The van der Waals surface area contributed by atoms with Crippen LogP contribution < -0.4 is 5.32 Å². The molecule has 6 heteroatoms. The van der Waals surface area contributed by atoms with Crippen LogP contribution >= 0.6 is 12.2 Å². The Morgan fingerprint density at radius 1 is 1.10 bits per heavy atom. The van der Waals surface area contributed by atoms with Crippen LogP contribution in [0.5, 0.6) is 5.88 Å². The molecule has 1 atom stereocenters. The van der Waals surface area contributed by atoms with Gasteiger partial charge in [-0.05, 0) is 43.6 Å². The number of hydrogen-bond acceptors (Lipinski definition) is 3. The Bertz CT molecular complexity index is 1240. The number of hydrogen-bond donors (Lipinski definition) is 2. The van der Waals surface area contributed by atoms with Gasteiger partial charge in [0.1, 0.15) is 5.71 Å². The van der Waals surface area contributed by atoms with Gasteiger partial charge in [-0.25, -0.2) is 4.99 Å². The molecule has 1 amide bonds. The standard InChI is InChI=1S/C23H21N3O2S/c1-22(2)12-23(3,13-8-5-4-6-9-13)15-11-7-10-14-16(20(28)26(22)18(14)15)17-19(27)25-21(29)24-17/h4-11,28H,12H2,1-3H3,(H,25,27,29)/t23-/m1/s1. The van der Waals surface area contributed by atoms with Crippen molar-refractivity contribution < 1.29 is 9.90 Å². The summed E-state index contributed by atoms with van der Waals surface area (Å²) in [5.41, 5.74) is 3.30. The molecule has 0 unspecified atom stereocenters. The molecule has 3 aromatic rings. The van der Waals surface area contributed by atoms with Crippen molar-refractivity contribution in [3.05, 3.63) is 65.2 Å². The van der Waals surface area contributed by atoms with Crippen molar-refractivity contribution in [1.82, 2.24) is 9.88 Å². The first-order chi connectivity index (χ1) is 13.7. The van der Waals surface area contributed by atoms with Crippen LogP contribution in [0, 0.1) is 0 Å². The van der Waals surface area contributed by atoms with Crippen LogP contribution in [0.3, 0.4) is 0 Å². The highest BCUT2D eigenvalue weighted by atomic mass is 32.1. The summed E-state index contributed by atoms with van der Waals surface area (Å²) < 4.78 is 1.95. The van der Waals surface area contributed by atoms with Gasteiger partial charge in [0.05, 0.1) is 11.1 Å². The highest BCUT2D eigenvalue weighted by Crippen LogP contribution is 2.52. The van der Waals surface area contributed by atoms with Crippen LogP contribution in [0.25, 0.3) is 10.9 Å². The number of aromatic hydroxyl groups is 1. The molecule has 2 aliphatic heterocycles. The third-order valence-electron chi connectivity index (χ3n) is 6.25.